The van der Waals surface area contributed by atoms with Gasteiger partial charge in [-0.15, -0.1) is 0 Å². The number of carbonyl (C=O) groups is 1. The zero-order chi connectivity index (χ0) is 11.7. The summed E-state index contributed by atoms with van der Waals surface area (Å²) in [6.07, 6.45) is 4.92. The van der Waals surface area contributed by atoms with Gasteiger partial charge in [0, 0.05) is 19.2 Å². The second-order valence-electron chi connectivity index (χ2n) is 4.42. The van der Waals surface area contributed by atoms with Gasteiger partial charge in [-0.25, -0.2) is 0 Å². The Balaban J connectivity index is 1.73. The summed E-state index contributed by atoms with van der Waals surface area (Å²) in [5.41, 5.74) is 0.583. The zero-order valence-corrected chi connectivity index (χ0v) is 9.52. The van der Waals surface area contributed by atoms with E-state index in [-0.39, 0.29) is 5.91 Å². The van der Waals surface area contributed by atoms with Crippen LogP contribution in [0.15, 0.2) is 12.4 Å². The number of amides is 1. The first-order chi connectivity index (χ1) is 8.29. The molecule has 92 valence electrons. The molecule has 3 heterocycles. The highest BCUT2D eigenvalue weighted by Gasteiger charge is 2.42. The van der Waals surface area contributed by atoms with E-state index < -0.39 is 5.79 Å². The lowest BCUT2D eigenvalue weighted by molar-refractivity contribution is -0.183. The molecule has 0 bridgehead atoms. The first-order valence-electron chi connectivity index (χ1n) is 5.85. The van der Waals surface area contributed by atoms with Gasteiger partial charge in [0.15, 0.2) is 5.79 Å². The second-order valence-corrected chi connectivity index (χ2v) is 4.42. The lowest BCUT2D eigenvalue weighted by atomic mass is 10.0. The minimum Gasteiger partial charge on any atom is -0.346 e. The van der Waals surface area contributed by atoms with Crippen molar-refractivity contribution in [2.45, 2.75) is 18.6 Å². The number of nitrogens with one attached hydrogen (secondary N) is 1. The standard InChI is InChI=1S/C11H15N3O3/c15-10(9-6-12-13-7-9)14-3-1-2-11(8-14)16-4-5-17-11/h6-7H,1-5,8H2,(H,12,13). The van der Waals surface area contributed by atoms with Gasteiger partial charge in [0.05, 0.1) is 31.5 Å². The van der Waals surface area contributed by atoms with E-state index in [0.29, 0.717) is 25.3 Å². The number of nitrogens with zero attached hydrogens (tertiary/aromatic N) is 2. The van der Waals surface area contributed by atoms with Gasteiger partial charge in [-0.2, -0.15) is 5.10 Å². The van der Waals surface area contributed by atoms with Crippen LogP contribution in [0, 0.1) is 0 Å². The number of piperidine rings is 1. The van der Waals surface area contributed by atoms with Crippen LogP contribution in [-0.4, -0.2) is 53.1 Å². The maximum Gasteiger partial charge on any atom is 0.257 e. The third kappa shape index (κ3) is 1.94. The number of rotatable bonds is 1. The van der Waals surface area contributed by atoms with Crippen molar-refractivity contribution in [2.75, 3.05) is 26.3 Å². The molecular weight excluding hydrogens is 222 g/mol. The number of aromatic amines is 1. The molecule has 6 nitrogen and oxygen atoms in total. The third-order valence-electron chi connectivity index (χ3n) is 3.26. The van der Waals surface area contributed by atoms with Crippen molar-refractivity contribution >= 4 is 5.91 Å². The molecule has 0 aromatic carbocycles. The Morgan fingerprint density at radius 2 is 2.29 bits per heavy atom. The van der Waals surface area contributed by atoms with Crippen molar-refractivity contribution in [3.63, 3.8) is 0 Å². The molecule has 1 N–H and O–H groups in total. The third-order valence-corrected chi connectivity index (χ3v) is 3.26. The zero-order valence-electron chi connectivity index (χ0n) is 9.52. The van der Waals surface area contributed by atoms with E-state index >= 15 is 0 Å². The van der Waals surface area contributed by atoms with Crippen LogP contribution in [0.2, 0.25) is 0 Å². The lowest BCUT2D eigenvalue weighted by Crippen LogP contribution is -2.50. The Morgan fingerprint density at radius 3 is 3.00 bits per heavy atom. The van der Waals surface area contributed by atoms with Crippen LogP contribution in [-0.2, 0) is 9.47 Å². The highest BCUT2D eigenvalue weighted by molar-refractivity contribution is 5.93. The number of aromatic nitrogens is 2. The monoisotopic (exact) mass is 237 g/mol. The van der Waals surface area contributed by atoms with Crippen molar-refractivity contribution in [2.24, 2.45) is 0 Å². The number of ether oxygens (including phenoxy) is 2. The molecule has 3 rings (SSSR count). The van der Waals surface area contributed by atoms with Crippen molar-refractivity contribution in [1.29, 1.82) is 0 Å². The summed E-state index contributed by atoms with van der Waals surface area (Å²) in [6.45, 7) is 2.50. The molecule has 1 amide bonds. The van der Waals surface area contributed by atoms with Crippen LogP contribution in [0.3, 0.4) is 0 Å². The fourth-order valence-electron chi connectivity index (χ4n) is 2.44. The van der Waals surface area contributed by atoms with Gasteiger partial charge in [0.25, 0.3) is 5.91 Å². The number of carbonyl (C=O) groups excluding carboxylic acids is 1. The van der Waals surface area contributed by atoms with E-state index in [1.807, 2.05) is 0 Å². The van der Waals surface area contributed by atoms with Crippen molar-refractivity contribution < 1.29 is 14.3 Å². The summed E-state index contributed by atoms with van der Waals surface area (Å²) >= 11 is 0. The molecule has 2 aliphatic heterocycles. The fourth-order valence-corrected chi connectivity index (χ4v) is 2.44. The summed E-state index contributed by atoms with van der Waals surface area (Å²) in [6, 6.07) is 0. The summed E-state index contributed by atoms with van der Waals surface area (Å²) in [5, 5.41) is 6.44. The Bertz CT molecular complexity index is 398. The molecule has 0 unspecified atom stereocenters. The molecule has 6 heteroatoms. The topological polar surface area (TPSA) is 67.5 Å². The first-order valence-corrected chi connectivity index (χ1v) is 5.85. The Labute approximate surface area is 98.9 Å². The lowest BCUT2D eigenvalue weighted by Gasteiger charge is -2.38. The van der Waals surface area contributed by atoms with E-state index in [1.54, 1.807) is 17.3 Å². The molecule has 1 spiro atoms. The first kappa shape index (κ1) is 10.7. The van der Waals surface area contributed by atoms with Gasteiger partial charge >= 0.3 is 0 Å². The van der Waals surface area contributed by atoms with Crippen LogP contribution in [0.25, 0.3) is 0 Å². The number of hydrogen-bond acceptors (Lipinski definition) is 4. The van der Waals surface area contributed by atoms with Gasteiger partial charge in [-0.05, 0) is 6.42 Å². The fraction of sp³-hybridized carbons (Fsp3) is 0.636. The van der Waals surface area contributed by atoms with Crippen molar-refractivity contribution in [3.05, 3.63) is 18.0 Å². The molecular formula is C11H15N3O3. The van der Waals surface area contributed by atoms with Gasteiger partial charge in [-0.3, -0.25) is 9.89 Å². The summed E-state index contributed by atoms with van der Waals surface area (Å²) in [4.78, 5) is 13.9. The quantitative estimate of drug-likeness (QED) is 0.767. The number of H-pyrrole nitrogens is 1. The smallest absolute Gasteiger partial charge is 0.257 e. The SMILES string of the molecule is O=C(c1cn[nH]c1)N1CCCC2(C1)OCCO2. The van der Waals surface area contributed by atoms with Crippen LogP contribution in [0.1, 0.15) is 23.2 Å². The Kier molecular flexibility index (Phi) is 2.60. The average molecular weight is 237 g/mol. The van der Waals surface area contributed by atoms with E-state index in [4.69, 9.17) is 9.47 Å². The summed E-state index contributed by atoms with van der Waals surface area (Å²) in [5.74, 6) is -0.575. The minimum atomic E-state index is -0.558. The van der Waals surface area contributed by atoms with Crippen LogP contribution in [0.4, 0.5) is 0 Å². The highest BCUT2D eigenvalue weighted by Crippen LogP contribution is 2.30. The highest BCUT2D eigenvalue weighted by atomic mass is 16.7. The number of hydrogen-bond donors (Lipinski definition) is 1. The van der Waals surface area contributed by atoms with Crippen LogP contribution >= 0.6 is 0 Å². The molecule has 2 aliphatic rings. The minimum absolute atomic E-state index is 0.0167. The molecule has 2 saturated heterocycles. The van der Waals surface area contributed by atoms with E-state index in [0.717, 1.165) is 19.4 Å². The van der Waals surface area contributed by atoms with E-state index in [9.17, 15) is 4.79 Å². The average Bonchev–Trinajstić information content (AvgIpc) is 3.00. The summed E-state index contributed by atoms with van der Waals surface area (Å²) < 4.78 is 11.3. The predicted octanol–water partition coefficient (Wildman–Crippen LogP) is 0.389. The molecule has 0 radical (unpaired) electrons. The Hall–Kier alpha value is -1.40. The molecule has 0 saturated carbocycles. The Morgan fingerprint density at radius 1 is 1.47 bits per heavy atom. The maximum absolute atomic E-state index is 12.2. The maximum atomic E-state index is 12.2. The van der Waals surface area contributed by atoms with Gasteiger partial charge < -0.3 is 14.4 Å². The molecule has 0 atom stereocenters. The molecule has 17 heavy (non-hydrogen) atoms. The van der Waals surface area contributed by atoms with Gasteiger partial charge in [-0.1, -0.05) is 0 Å². The van der Waals surface area contributed by atoms with E-state index in [2.05, 4.69) is 10.2 Å². The van der Waals surface area contributed by atoms with Gasteiger partial charge in [0.2, 0.25) is 0 Å². The number of likely N-dealkylation sites (tertiary alicyclic amines) is 1. The van der Waals surface area contributed by atoms with Crippen LogP contribution in [0.5, 0.6) is 0 Å². The predicted molar refractivity (Wildman–Crippen MR) is 58.4 cm³/mol. The van der Waals surface area contributed by atoms with E-state index in [1.165, 1.54) is 0 Å². The molecule has 1 aromatic rings. The second kappa shape index (κ2) is 4.12. The molecule has 1 aromatic heterocycles. The normalized spacial score (nSPS) is 23.2. The van der Waals surface area contributed by atoms with Crippen molar-refractivity contribution in [3.8, 4) is 0 Å². The van der Waals surface area contributed by atoms with Crippen LogP contribution < -0.4 is 0 Å². The van der Waals surface area contributed by atoms with Crippen molar-refractivity contribution in [1.82, 2.24) is 15.1 Å². The van der Waals surface area contributed by atoms with Gasteiger partial charge in [0.1, 0.15) is 0 Å². The largest absolute Gasteiger partial charge is 0.346 e. The molecule has 0 aliphatic carbocycles. The molecule has 2 fully saturated rings. The summed E-state index contributed by atoms with van der Waals surface area (Å²) in [7, 11) is 0.